The van der Waals surface area contributed by atoms with E-state index < -0.39 is 0 Å². The Hall–Kier alpha value is -0.730. The fraction of sp³-hybridized carbons (Fsp3) is 0.684. The molecule has 2 nitrogen and oxygen atoms in total. The summed E-state index contributed by atoms with van der Waals surface area (Å²) >= 11 is 0. The Morgan fingerprint density at radius 3 is 1.73 bits per heavy atom. The summed E-state index contributed by atoms with van der Waals surface area (Å²) in [6.07, 6.45) is 3.29. The summed E-state index contributed by atoms with van der Waals surface area (Å²) in [5, 5.41) is 10.7. The monoisotopic (exact) mass is 327 g/mol. The van der Waals surface area contributed by atoms with Crippen LogP contribution in [0.25, 0.3) is 0 Å². The van der Waals surface area contributed by atoms with E-state index in [0.29, 0.717) is 5.75 Å². The lowest BCUT2D eigenvalue weighted by Crippen LogP contribution is -2.20. The zero-order valence-corrected chi connectivity index (χ0v) is 16.1. The van der Waals surface area contributed by atoms with Crippen LogP contribution < -0.4 is 5.73 Å². The summed E-state index contributed by atoms with van der Waals surface area (Å²) in [6.45, 7) is 15.0. The van der Waals surface area contributed by atoms with E-state index in [1.165, 1.54) is 0 Å². The molecule has 3 heteroatoms. The van der Waals surface area contributed by atoms with Crippen LogP contribution in [0.5, 0.6) is 5.75 Å². The van der Waals surface area contributed by atoms with E-state index in [0.717, 1.165) is 36.0 Å². The zero-order valence-electron chi connectivity index (χ0n) is 15.3. The number of unbranched alkanes of at least 4 members (excludes halogenated alkanes) is 1. The molecule has 0 amide bonds. The van der Waals surface area contributed by atoms with Crippen molar-refractivity contribution in [2.24, 2.45) is 5.73 Å². The van der Waals surface area contributed by atoms with Crippen LogP contribution in [0.2, 0.25) is 0 Å². The van der Waals surface area contributed by atoms with E-state index in [1.54, 1.807) is 0 Å². The van der Waals surface area contributed by atoms with Gasteiger partial charge in [-0.25, -0.2) is 0 Å². The van der Waals surface area contributed by atoms with Crippen molar-refractivity contribution < 1.29 is 5.11 Å². The smallest absolute Gasteiger partial charge is 0.123 e. The van der Waals surface area contributed by atoms with Crippen molar-refractivity contribution in [3.63, 3.8) is 0 Å². The molecule has 1 aromatic carbocycles. The Kier molecular flexibility index (Phi) is 7.44. The SMILES string of the molecule is CCCC[C@@H](N)c1cc(C(C)(C)C)c(O)c(C(C)(C)C)c1.Cl. The number of phenolic OH excluding ortho intramolecular Hbond substituents is 1. The number of hydrogen-bond acceptors (Lipinski definition) is 2. The number of aromatic hydroxyl groups is 1. The van der Waals surface area contributed by atoms with E-state index in [4.69, 9.17) is 5.73 Å². The van der Waals surface area contributed by atoms with Crippen molar-refractivity contribution in [2.75, 3.05) is 0 Å². The minimum absolute atomic E-state index is 0. The Morgan fingerprint density at radius 2 is 1.41 bits per heavy atom. The molecule has 0 aromatic heterocycles. The maximum atomic E-state index is 10.7. The molecule has 0 aliphatic rings. The van der Waals surface area contributed by atoms with Gasteiger partial charge in [0.2, 0.25) is 0 Å². The predicted octanol–water partition coefficient (Wildman–Crippen LogP) is 5.60. The van der Waals surface area contributed by atoms with Crippen molar-refractivity contribution in [1.29, 1.82) is 0 Å². The third kappa shape index (κ3) is 5.17. The van der Waals surface area contributed by atoms with Crippen molar-refractivity contribution in [2.45, 2.75) is 84.6 Å². The summed E-state index contributed by atoms with van der Waals surface area (Å²) in [6, 6.07) is 4.25. The zero-order chi connectivity index (χ0) is 16.4. The molecule has 0 saturated carbocycles. The average molecular weight is 328 g/mol. The van der Waals surface area contributed by atoms with Gasteiger partial charge in [0.15, 0.2) is 0 Å². The summed E-state index contributed by atoms with van der Waals surface area (Å²) < 4.78 is 0. The summed E-state index contributed by atoms with van der Waals surface area (Å²) in [5.41, 5.74) is 9.33. The molecule has 0 unspecified atom stereocenters. The second-order valence-corrected chi connectivity index (χ2v) is 8.21. The van der Waals surface area contributed by atoms with Crippen LogP contribution in [-0.4, -0.2) is 5.11 Å². The van der Waals surface area contributed by atoms with E-state index >= 15 is 0 Å². The first-order chi connectivity index (χ1) is 9.48. The van der Waals surface area contributed by atoms with Gasteiger partial charge in [-0.15, -0.1) is 12.4 Å². The quantitative estimate of drug-likeness (QED) is 0.756. The Bertz CT molecular complexity index is 448. The van der Waals surface area contributed by atoms with Gasteiger partial charge in [-0.3, -0.25) is 0 Å². The van der Waals surface area contributed by atoms with Gasteiger partial charge in [0.05, 0.1) is 0 Å². The molecule has 0 bridgehead atoms. The average Bonchev–Trinajstić information content (AvgIpc) is 2.33. The molecule has 3 N–H and O–H groups in total. The first-order valence-electron chi connectivity index (χ1n) is 8.12. The summed E-state index contributed by atoms with van der Waals surface area (Å²) in [4.78, 5) is 0. The normalized spacial score (nSPS) is 13.6. The highest BCUT2D eigenvalue weighted by molar-refractivity contribution is 5.85. The molecule has 0 radical (unpaired) electrons. The third-order valence-corrected chi connectivity index (χ3v) is 4.05. The highest BCUT2D eigenvalue weighted by Crippen LogP contribution is 2.41. The van der Waals surface area contributed by atoms with Crippen LogP contribution in [0.4, 0.5) is 0 Å². The minimum atomic E-state index is -0.0927. The van der Waals surface area contributed by atoms with Gasteiger partial charge in [0.1, 0.15) is 5.75 Å². The van der Waals surface area contributed by atoms with Crippen LogP contribution in [0.15, 0.2) is 12.1 Å². The lowest BCUT2D eigenvalue weighted by Gasteiger charge is -2.29. The van der Waals surface area contributed by atoms with Gasteiger partial charge < -0.3 is 10.8 Å². The summed E-state index contributed by atoms with van der Waals surface area (Å²) in [7, 11) is 0. The third-order valence-electron chi connectivity index (χ3n) is 4.05. The number of halogens is 1. The lowest BCUT2D eigenvalue weighted by atomic mass is 9.77. The van der Waals surface area contributed by atoms with Gasteiger partial charge in [-0.2, -0.15) is 0 Å². The van der Waals surface area contributed by atoms with Gasteiger partial charge in [-0.05, 0) is 33.9 Å². The molecule has 0 aliphatic carbocycles. The molecule has 128 valence electrons. The van der Waals surface area contributed by atoms with Gasteiger partial charge in [-0.1, -0.05) is 73.4 Å². The van der Waals surface area contributed by atoms with Crippen LogP contribution >= 0.6 is 12.4 Å². The van der Waals surface area contributed by atoms with Gasteiger partial charge in [0, 0.05) is 6.04 Å². The number of phenols is 1. The minimum Gasteiger partial charge on any atom is -0.507 e. The molecular formula is C19H34ClNO. The largest absolute Gasteiger partial charge is 0.507 e. The molecule has 0 saturated heterocycles. The molecule has 0 spiro atoms. The molecule has 1 rings (SSSR count). The predicted molar refractivity (Wildman–Crippen MR) is 99.2 cm³/mol. The Morgan fingerprint density at radius 1 is 1.00 bits per heavy atom. The molecule has 22 heavy (non-hydrogen) atoms. The fourth-order valence-corrected chi connectivity index (χ4v) is 2.61. The Labute approximate surface area is 142 Å². The first-order valence-corrected chi connectivity index (χ1v) is 8.12. The number of rotatable bonds is 4. The first kappa shape index (κ1) is 21.3. The van der Waals surface area contributed by atoms with E-state index in [2.05, 4.69) is 60.6 Å². The highest BCUT2D eigenvalue weighted by atomic mass is 35.5. The Balaban J connectivity index is 0.00000441. The second-order valence-electron chi connectivity index (χ2n) is 8.21. The standard InChI is InChI=1S/C19H33NO.ClH/c1-8-9-10-16(20)13-11-14(18(2,3)4)17(21)15(12-13)19(5,6)7;/h11-12,16,21H,8-10,20H2,1-7H3;1H/t16-;/m1./s1. The molecular weight excluding hydrogens is 294 g/mol. The van der Waals surface area contributed by atoms with Crippen molar-refractivity contribution >= 4 is 12.4 Å². The number of benzene rings is 1. The van der Waals surface area contributed by atoms with Gasteiger partial charge >= 0.3 is 0 Å². The van der Waals surface area contributed by atoms with Crippen molar-refractivity contribution in [3.8, 4) is 5.75 Å². The molecule has 1 aromatic rings. The number of hydrogen-bond donors (Lipinski definition) is 2. The van der Waals surface area contributed by atoms with Crippen LogP contribution in [0.3, 0.4) is 0 Å². The van der Waals surface area contributed by atoms with E-state index in [-0.39, 0.29) is 29.3 Å². The topological polar surface area (TPSA) is 46.2 Å². The lowest BCUT2D eigenvalue weighted by molar-refractivity contribution is 0.421. The maximum Gasteiger partial charge on any atom is 0.123 e. The highest BCUT2D eigenvalue weighted by Gasteiger charge is 2.27. The van der Waals surface area contributed by atoms with Crippen molar-refractivity contribution in [3.05, 3.63) is 28.8 Å². The fourth-order valence-electron chi connectivity index (χ4n) is 2.61. The summed E-state index contributed by atoms with van der Waals surface area (Å²) in [5.74, 6) is 0.432. The maximum absolute atomic E-state index is 10.7. The van der Waals surface area contributed by atoms with Crippen molar-refractivity contribution in [1.82, 2.24) is 0 Å². The molecule has 0 heterocycles. The van der Waals surface area contributed by atoms with E-state index in [1.807, 2.05) is 0 Å². The van der Waals surface area contributed by atoms with Crippen LogP contribution in [-0.2, 0) is 10.8 Å². The van der Waals surface area contributed by atoms with Crippen LogP contribution in [0, 0.1) is 0 Å². The molecule has 1 atom stereocenters. The molecule has 0 fully saturated rings. The second kappa shape index (κ2) is 7.70. The van der Waals surface area contributed by atoms with E-state index in [9.17, 15) is 5.11 Å². The molecule has 0 aliphatic heterocycles. The van der Waals surface area contributed by atoms with Gasteiger partial charge in [0.25, 0.3) is 0 Å². The van der Waals surface area contributed by atoms with Crippen LogP contribution in [0.1, 0.15) is 90.5 Å². The number of nitrogens with two attached hydrogens (primary N) is 1.